The number of alkyl halides is 1. The van der Waals surface area contributed by atoms with Crippen LogP contribution in [0.15, 0.2) is 28.7 Å². The average Bonchev–Trinajstić information content (AvgIpc) is 2.15. The molecule has 0 amide bonds. The van der Waals surface area contributed by atoms with E-state index in [9.17, 15) is 4.39 Å². The van der Waals surface area contributed by atoms with E-state index >= 15 is 0 Å². The van der Waals surface area contributed by atoms with Gasteiger partial charge in [0.1, 0.15) is 6.17 Å². The Morgan fingerprint density at radius 3 is 2.77 bits per heavy atom. The third-order valence-electron chi connectivity index (χ3n) is 1.89. The first kappa shape index (κ1) is 10.7. The highest BCUT2D eigenvalue weighted by Crippen LogP contribution is 2.27. The molecule has 1 aromatic carbocycles. The second kappa shape index (κ2) is 5.35. The van der Waals surface area contributed by atoms with Gasteiger partial charge in [0, 0.05) is 10.0 Å². The molecular formula is C10H13BrFN. The van der Waals surface area contributed by atoms with Crippen molar-refractivity contribution >= 4 is 15.9 Å². The molecule has 0 aromatic heterocycles. The molecule has 1 N–H and O–H groups in total. The van der Waals surface area contributed by atoms with Crippen molar-refractivity contribution in [2.45, 2.75) is 12.6 Å². The molecule has 0 aliphatic carbocycles. The van der Waals surface area contributed by atoms with E-state index in [1.165, 1.54) is 0 Å². The summed E-state index contributed by atoms with van der Waals surface area (Å²) in [5.41, 5.74) is 0.734. The molecule has 0 saturated carbocycles. The molecule has 1 nitrogen and oxygen atoms in total. The van der Waals surface area contributed by atoms with Crippen LogP contribution in [0.3, 0.4) is 0 Å². The smallest absolute Gasteiger partial charge is 0.127 e. The highest BCUT2D eigenvalue weighted by Gasteiger charge is 2.11. The number of hydrogen-bond donors (Lipinski definition) is 1. The van der Waals surface area contributed by atoms with Crippen molar-refractivity contribution in [1.82, 2.24) is 5.32 Å². The first-order chi connectivity index (χ1) is 6.25. The predicted molar refractivity (Wildman–Crippen MR) is 56.5 cm³/mol. The van der Waals surface area contributed by atoms with Crippen LogP contribution < -0.4 is 5.32 Å². The summed E-state index contributed by atoms with van der Waals surface area (Å²) >= 11 is 3.33. The fourth-order valence-electron chi connectivity index (χ4n) is 1.16. The Morgan fingerprint density at radius 2 is 2.15 bits per heavy atom. The van der Waals surface area contributed by atoms with Crippen LogP contribution in [0.2, 0.25) is 0 Å². The average molecular weight is 246 g/mol. The van der Waals surface area contributed by atoms with Gasteiger partial charge in [-0.25, -0.2) is 4.39 Å². The van der Waals surface area contributed by atoms with Crippen LogP contribution in [0.4, 0.5) is 4.39 Å². The van der Waals surface area contributed by atoms with Gasteiger partial charge in [-0.15, -0.1) is 0 Å². The number of nitrogens with one attached hydrogen (secondary N) is 1. The molecule has 0 aliphatic heterocycles. The summed E-state index contributed by atoms with van der Waals surface area (Å²) in [6.45, 7) is 0.697. The lowest BCUT2D eigenvalue weighted by atomic mass is 10.1. The second-order valence-corrected chi connectivity index (χ2v) is 3.74. The highest BCUT2D eigenvalue weighted by molar-refractivity contribution is 9.10. The monoisotopic (exact) mass is 245 g/mol. The molecular weight excluding hydrogens is 233 g/mol. The van der Waals surface area contributed by atoms with E-state index < -0.39 is 6.17 Å². The molecule has 13 heavy (non-hydrogen) atoms. The normalized spacial score (nSPS) is 12.8. The van der Waals surface area contributed by atoms with Crippen molar-refractivity contribution in [2.24, 2.45) is 0 Å². The Kier molecular flexibility index (Phi) is 4.39. The summed E-state index contributed by atoms with van der Waals surface area (Å²) in [6, 6.07) is 7.41. The van der Waals surface area contributed by atoms with E-state index in [0.29, 0.717) is 13.0 Å². The Labute approximate surface area is 86.5 Å². The maximum absolute atomic E-state index is 13.5. The molecule has 0 spiro atoms. The molecule has 0 saturated heterocycles. The van der Waals surface area contributed by atoms with Crippen LogP contribution in [0.5, 0.6) is 0 Å². The third-order valence-corrected chi connectivity index (χ3v) is 2.61. The summed E-state index contributed by atoms with van der Waals surface area (Å²) in [7, 11) is 1.83. The van der Waals surface area contributed by atoms with Gasteiger partial charge in [0.15, 0.2) is 0 Å². The minimum Gasteiger partial charge on any atom is -0.320 e. The highest BCUT2D eigenvalue weighted by atomic mass is 79.9. The lowest BCUT2D eigenvalue weighted by Gasteiger charge is -2.09. The molecule has 1 rings (SSSR count). The molecule has 1 atom stereocenters. The Balaban J connectivity index is 2.65. The van der Waals surface area contributed by atoms with Gasteiger partial charge in [-0.2, -0.15) is 0 Å². The first-order valence-corrected chi connectivity index (χ1v) is 5.08. The zero-order chi connectivity index (χ0) is 9.68. The Hall–Kier alpha value is -0.410. The van der Waals surface area contributed by atoms with Crippen LogP contribution in [0, 0.1) is 0 Å². The lowest BCUT2D eigenvalue weighted by molar-refractivity contribution is 0.320. The maximum atomic E-state index is 13.5. The molecule has 0 fully saturated rings. The Bertz CT molecular complexity index is 265. The number of hydrogen-bond acceptors (Lipinski definition) is 1. The summed E-state index contributed by atoms with van der Waals surface area (Å²) in [5.74, 6) is 0. The van der Waals surface area contributed by atoms with E-state index in [1.807, 2.05) is 31.3 Å². The van der Waals surface area contributed by atoms with Crippen molar-refractivity contribution < 1.29 is 4.39 Å². The number of rotatable bonds is 4. The van der Waals surface area contributed by atoms with Gasteiger partial charge in [0.2, 0.25) is 0 Å². The number of benzene rings is 1. The maximum Gasteiger partial charge on any atom is 0.127 e. The van der Waals surface area contributed by atoms with Crippen molar-refractivity contribution in [2.75, 3.05) is 13.6 Å². The minimum atomic E-state index is -0.886. The van der Waals surface area contributed by atoms with E-state index in [1.54, 1.807) is 0 Å². The molecule has 0 bridgehead atoms. The van der Waals surface area contributed by atoms with Gasteiger partial charge in [-0.05, 0) is 26.1 Å². The third kappa shape index (κ3) is 3.08. The quantitative estimate of drug-likeness (QED) is 0.860. The van der Waals surface area contributed by atoms with E-state index in [2.05, 4.69) is 21.2 Å². The second-order valence-electron chi connectivity index (χ2n) is 2.88. The van der Waals surface area contributed by atoms with E-state index in [-0.39, 0.29) is 0 Å². The van der Waals surface area contributed by atoms with Crippen LogP contribution in [-0.4, -0.2) is 13.6 Å². The fourth-order valence-corrected chi connectivity index (χ4v) is 1.69. The van der Waals surface area contributed by atoms with Crippen LogP contribution >= 0.6 is 15.9 Å². The summed E-state index contributed by atoms with van der Waals surface area (Å²) in [6.07, 6.45) is -0.373. The van der Waals surface area contributed by atoms with Crippen molar-refractivity contribution in [3.63, 3.8) is 0 Å². The van der Waals surface area contributed by atoms with Gasteiger partial charge in [0.25, 0.3) is 0 Å². The molecule has 0 aliphatic rings. The molecule has 3 heteroatoms. The van der Waals surface area contributed by atoms with Crippen LogP contribution in [0.1, 0.15) is 18.2 Å². The summed E-state index contributed by atoms with van der Waals surface area (Å²) in [4.78, 5) is 0. The standard InChI is InChI=1S/C10H13BrFN/c1-13-7-6-10(12)8-4-2-3-5-9(8)11/h2-5,10,13H,6-7H2,1H3. The zero-order valence-electron chi connectivity index (χ0n) is 7.56. The van der Waals surface area contributed by atoms with Crippen LogP contribution in [0.25, 0.3) is 0 Å². The number of halogens is 2. The van der Waals surface area contributed by atoms with Crippen molar-refractivity contribution in [1.29, 1.82) is 0 Å². The molecule has 72 valence electrons. The van der Waals surface area contributed by atoms with Gasteiger partial charge >= 0.3 is 0 Å². The molecule has 0 radical (unpaired) electrons. The minimum absolute atomic E-state index is 0.513. The largest absolute Gasteiger partial charge is 0.320 e. The summed E-state index contributed by atoms with van der Waals surface area (Å²) < 4.78 is 14.4. The fraction of sp³-hybridized carbons (Fsp3) is 0.400. The molecule has 0 heterocycles. The SMILES string of the molecule is CNCCC(F)c1ccccc1Br. The van der Waals surface area contributed by atoms with Crippen LogP contribution in [-0.2, 0) is 0 Å². The molecule has 1 aromatic rings. The van der Waals surface area contributed by atoms with Gasteiger partial charge < -0.3 is 5.32 Å². The first-order valence-electron chi connectivity index (χ1n) is 4.29. The summed E-state index contributed by atoms with van der Waals surface area (Å²) in [5, 5.41) is 2.93. The van der Waals surface area contributed by atoms with Crippen molar-refractivity contribution in [3.8, 4) is 0 Å². The van der Waals surface area contributed by atoms with Gasteiger partial charge in [-0.3, -0.25) is 0 Å². The predicted octanol–water partition coefficient (Wildman–Crippen LogP) is 3.07. The lowest BCUT2D eigenvalue weighted by Crippen LogP contribution is -2.10. The van der Waals surface area contributed by atoms with Gasteiger partial charge in [0.05, 0.1) is 0 Å². The molecule has 1 unspecified atom stereocenters. The van der Waals surface area contributed by atoms with E-state index in [4.69, 9.17) is 0 Å². The van der Waals surface area contributed by atoms with Crippen molar-refractivity contribution in [3.05, 3.63) is 34.3 Å². The zero-order valence-corrected chi connectivity index (χ0v) is 9.14. The Morgan fingerprint density at radius 1 is 1.46 bits per heavy atom. The topological polar surface area (TPSA) is 12.0 Å². The van der Waals surface area contributed by atoms with E-state index in [0.717, 1.165) is 10.0 Å². The van der Waals surface area contributed by atoms with Gasteiger partial charge in [-0.1, -0.05) is 34.1 Å².